The summed E-state index contributed by atoms with van der Waals surface area (Å²) in [7, 11) is 0. The Bertz CT molecular complexity index is 684. The van der Waals surface area contributed by atoms with E-state index in [4.69, 9.17) is 5.11 Å². The van der Waals surface area contributed by atoms with Gasteiger partial charge in [0.05, 0.1) is 0 Å². The predicted octanol–water partition coefficient (Wildman–Crippen LogP) is 1.92. The molecule has 1 aliphatic rings. The van der Waals surface area contributed by atoms with Crippen molar-refractivity contribution in [3.05, 3.63) is 42.2 Å². The number of rotatable bonds is 2. The molecule has 0 bridgehead atoms. The number of aliphatic carboxylic acids is 1. The van der Waals surface area contributed by atoms with Gasteiger partial charge in [-0.05, 0) is 36.4 Å². The lowest BCUT2D eigenvalue weighted by Crippen LogP contribution is -2.40. The summed E-state index contributed by atoms with van der Waals surface area (Å²) in [6, 6.07) is 6.49. The SMILES string of the molecule is O=C(O)C1CCCN1C(=O)c1ccc2cnccc2c1. The van der Waals surface area contributed by atoms with Crippen molar-refractivity contribution in [3.63, 3.8) is 0 Å². The van der Waals surface area contributed by atoms with E-state index in [9.17, 15) is 9.59 Å². The molecule has 102 valence electrons. The summed E-state index contributed by atoms with van der Waals surface area (Å²) in [5, 5.41) is 11.0. The second-order valence-electron chi connectivity index (χ2n) is 4.93. The molecule has 1 saturated heterocycles. The topological polar surface area (TPSA) is 70.5 Å². The zero-order valence-corrected chi connectivity index (χ0v) is 10.8. The van der Waals surface area contributed by atoms with E-state index in [1.165, 1.54) is 4.90 Å². The minimum atomic E-state index is -0.930. The lowest BCUT2D eigenvalue weighted by Gasteiger charge is -2.21. The van der Waals surface area contributed by atoms with E-state index in [-0.39, 0.29) is 5.91 Å². The first-order valence-corrected chi connectivity index (χ1v) is 6.54. The fraction of sp³-hybridized carbons (Fsp3) is 0.267. The minimum absolute atomic E-state index is 0.214. The van der Waals surface area contributed by atoms with Crippen LogP contribution in [-0.4, -0.2) is 39.5 Å². The first-order valence-electron chi connectivity index (χ1n) is 6.54. The molecule has 0 radical (unpaired) electrons. The minimum Gasteiger partial charge on any atom is -0.480 e. The maximum absolute atomic E-state index is 12.5. The molecule has 1 unspecified atom stereocenters. The number of amides is 1. The molecule has 2 aromatic rings. The second-order valence-corrected chi connectivity index (χ2v) is 4.93. The molecule has 3 rings (SSSR count). The Morgan fingerprint density at radius 2 is 2.10 bits per heavy atom. The van der Waals surface area contributed by atoms with Crippen molar-refractivity contribution in [2.24, 2.45) is 0 Å². The molecule has 1 atom stereocenters. The number of aromatic nitrogens is 1. The van der Waals surface area contributed by atoms with Gasteiger partial charge in [-0.15, -0.1) is 0 Å². The molecule has 1 amide bonds. The van der Waals surface area contributed by atoms with Gasteiger partial charge < -0.3 is 10.0 Å². The Kier molecular flexibility index (Phi) is 3.10. The number of nitrogens with zero attached hydrogens (tertiary/aromatic N) is 2. The number of hydrogen-bond acceptors (Lipinski definition) is 3. The lowest BCUT2D eigenvalue weighted by molar-refractivity contribution is -0.141. The van der Waals surface area contributed by atoms with Crippen LogP contribution >= 0.6 is 0 Å². The number of fused-ring (bicyclic) bond motifs is 1. The third-order valence-corrected chi connectivity index (χ3v) is 3.69. The van der Waals surface area contributed by atoms with Crippen LogP contribution in [0.1, 0.15) is 23.2 Å². The fourth-order valence-corrected chi connectivity index (χ4v) is 2.65. The highest BCUT2D eigenvalue weighted by atomic mass is 16.4. The number of carboxylic acid groups (broad SMARTS) is 1. The van der Waals surface area contributed by atoms with Gasteiger partial charge in [-0.3, -0.25) is 9.78 Å². The van der Waals surface area contributed by atoms with Gasteiger partial charge in [0.2, 0.25) is 0 Å². The number of hydrogen-bond donors (Lipinski definition) is 1. The number of benzene rings is 1. The van der Waals surface area contributed by atoms with Crippen LogP contribution in [-0.2, 0) is 4.79 Å². The maximum Gasteiger partial charge on any atom is 0.326 e. The highest BCUT2D eigenvalue weighted by Gasteiger charge is 2.34. The second kappa shape index (κ2) is 4.92. The van der Waals surface area contributed by atoms with E-state index in [0.29, 0.717) is 18.5 Å². The Morgan fingerprint density at radius 1 is 1.25 bits per heavy atom. The zero-order valence-electron chi connectivity index (χ0n) is 10.8. The number of carbonyl (C=O) groups excluding carboxylic acids is 1. The largest absolute Gasteiger partial charge is 0.480 e. The van der Waals surface area contributed by atoms with Crippen LogP contribution in [0.25, 0.3) is 10.8 Å². The summed E-state index contributed by atoms with van der Waals surface area (Å²) in [5.41, 5.74) is 0.525. The van der Waals surface area contributed by atoms with Crippen molar-refractivity contribution in [1.29, 1.82) is 0 Å². The Labute approximate surface area is 115 Å². The quantitative estimate of drug-likeness (QED) is 0.905. The standard InChI is InChI=1S/C15H14N2O3/c18-14(17-7-1-2-13(17)15(19)20)11-3-4-12-9-16-6-5-10(12)8-11/h3-6,8-9,13H,1-2,7H2,(H,19,20). The molecule has 1 aliphatic heterocycles. The van der Waals surface area contributed by atoms with Gasteiger partial charge in [-0.25, -0.2) is 4.79 Å². The molecule has 1 fully saturated rings. The summed E-state index contributed by atoms with van der Waals surface area (Å²) in [6.45, 7) is 0.504. The smallest absolute Gasteiger partial charge is 0.326 e. The predicted molar refractivity (Wildman–Crippen MR) is 73.4 cm³/mol. The van der Waals surface area contributed by atoms with E-state index < -0.39 is 12.0 Å². The Balaban J connectivity index is 1.94. The van der Waals surface area contributed by atoms with Crippen LogP contribution in [0, 0.1) is 0 Å². The molecule has 0 spiro atoms. The maximum atomic E-state index is 12.5. The highest BCUT2D eigenvalue weighted by Crippen LogP contribution is 2.22. The third kappa shape index (κ3) is 2.11. The third-order valence-electron chi connectivity index (χ3n) is 3.69. The van der Waals surface area contributed by atoms with Crippen LogP contribution in [0.3, 0.4) is 0 Å². The van der Waals surface area contributed by atoms with Crippen molar-refractivity contribution in [2.45, 2.75) is 18.9 Å². The van der Waals surface area contributed by atoms with Gasteiger partial charge >= 0.3 is 5.97 Å². The summed E-state index contributed by atoms with van der Waals surface area (Å²) >= 11 is 0. The average molecular weight is 270 g/mol. The fourth-order valence-electron chi connectivity index (χ4n) is 2.65. The molecular weight excluding hydrogens is 256 g/mol. The molecule has 0 aliphatic carbocycles. The first kappa shape index (κ1) is 12.6. The van der Waals surface area contributed by atoms with Crippen LogP contribution in [0.5, 0.6) is 0 Å². The Hall–Kier alpha value is -2.43. The molecule has 5 nitrogen and oxygen atoms in total. The van der Waals surface area contributed by atoms with Gasteiger partial charge in [0.15, 0.2) is 0 Å². The Morgan fingerprint density at radius 3 is 2.90 bits per heavy atom. The van der Waals surface area contributed by atoms with Gasteiger partial charge in [0.25, 0.3) is 5.91 Å². The van der Waals surface area contributed by atoms with Crippen molar-refractivity contribution in [3.8, 4) is 0 Å². The summed E-state index contributed by atoms with van der Waals surface area (Å²) in [6.07, 6.45) is 4.67. The van der Waals surface area contributed by atoms with Gasteiger partial charge in [0.1, 0.15) is 6.04 Å². The lowest BCUT2D eigenvalue weighted by atomic mass is 10.1. The van der Waals surface area contributed by atoms with Crippen molar-refractivity contribution >= 4 is 22.6 Å². The number of carboxylic acids is 1. The van der Waals surface area contributed by atoms with E-state index in [1.807, 2.05) is 12.1 Å². The zero-order chi connectivity index (χ0) is 14.1. The van der Waals surface area contributed by atoms with Crippen LogP contribution in [0.4, 0.5) is 0 Å². The van der Waals surface area contributed by atoms with Crippen molar-refractivity contribution in [2.75, 3.05) is 6.54 Å². The van der Waals surface area contributed by atoms with E-state index >= 15 is 0 Å². The molecule has 1 N–H and O–H groups in total. The molecule has 1 aromatic heterocycles. The van der Waals surface area contributed by atoms with Crippen LogP contribution in [0.15, 0.2) is 36.7 Å². The average Bonchev–Trinajstić information content (AvgIpc) is 2.95. The molecule has 20 heavy (non-hydrogen) atoms. The van der Waals surface area contributed by atoms with Crippen LogP contribution < -0.4 is 0 Å². The van der Waals surface area contributed by atoms with E-state index in [0.717, 1.165) is 17.2 Å². The number of likely N-dealkylation sites (tertiary alicyclic amines) is 1. The van der Waals surface area contributed by atoms with Crippen molar-refractivity contribution in [1.82, 2.24) is 9.88 Å². The van der Waals surface area contributed by atoms with Crippen molar-refractivity contribution < 1.29 is 14.7 Å². The molecular formula is C15H14N2O3. The molecule has 0 saturated carbocycles. The summed E-state index contributed by atoms with van der Waals surface area (Å²) in [4.78, 5) is 29.1. The highest BCUT2D eigenvalue weighted by molar-refractivity contribution is 6.00. The monoisotopic (exact) mass is 270 g/mol. The molecule has 5 heteroatoms. The van der Waals surface area contributed by atoms with E-state index in [1.54, 1.807) is 24.5 Å². The number of carbonyl (C=O) groups is 2. The van der Waals surface area contributed by atoms with Gasteiger partial charge in [-0.2, -0.15) is 0 Å². The molecule has 2 heterocycles. The van der Waals surface area contributed by atoms with Crippen LogP contribution in [0.2, 0.25) is 0 Å². The number of pyridine rings is 1. The van der Waals surface area contributed by atoms with E-state index in [2.05, 4.69) is 4.98 Å². The molecule has 1 aromatic carbocycles. The van der Waals surface area contributed by atoms with Gasteiger partial charge in [0, 0.05) is 29.9 Å². The summed E-state index contributed by atoms with van der Waals surface area (Å²) < 4.78 is 0. The van der Waals surface area contributed by atoms with Gasteiger partial charge in [-0.1, -0.05) is 6.07 Å². The first-order chi connectivity index (χ1) is 9.66. The normalized spacial score (nSPS) is 18.4. The summed E-state index contributed by atoms with van der Waals surface area (Å²) in [5.74, 6) is -1.14.